The lowest BCUT2D eigenvalue weighted by molar-refractivity contribution is -0.175. The van der Waals surface area contributed by atoms with E-state index in [1.165, 1.54) is 22.3 Å². The van der Waals surface area contributed by atoms with Crippen LogP contribution in [0.1, 0.15) is 130 Å². The van der Waals surface area contributed by atoms with E-state index in [4.69, 9.17) is 67.6 Å². The van der Waals surface area contributed by atoms with Crippen molar-refractivity contribution in [2.24, 2.45) is 11.7 Å². The molecule has 6 aromatic rings. The minimum absolute atomic E-state index is 0.109. The lowest BCUT2D eigenvalue weighted by atomic mass is 9.85. The second-order valence-corrected chi connectivity index (χ2v) is 29.8. The molecule has 612 valence electrons. The van der Waals surface area contributed by atoms with E-state index in [-0.39, 0.29) is 93.3 Å². The first-order valence-electron chi connectivity index (χ1n) is 38.2. The lowest BCUT2D eigenvalue weighted by Crippen LogP contribution is -2.47. The normalized spacial score (nSPS) is 14.2. The summed E-state index contributed by atoms with van der Waals surface area (Å²) in [5.41, 5.74) is 9.26. The van der Waals surface area contributed by atoms with Gasteiger partial charge in [0.05, 0.1) is 147 Å². The third-order valence-electron chi connectivity index (χ3n) is 18.5. The van der Waals surface area contributed by atoms with Gasteiger partial charge in [0.2, 0.25) is 21.5 Å². The van der Waals surface area contributed by atoms with Gasteiger partial charge >= 0.3 is 12.1 Å². The first-order chi connectivity index (χ1) is 54.3. The molecule has 4 aromatic heterocycles. The van der Waals surface area contributed by atoms with Crippen molar-refractivity contribution < 1.29 is 94.0 Å². The average Bonchev–Trinajstić information content (AvgIpc) is 1.49. The van der Waals surface area contributed by atoms with Crippen molar-refractivity contribution in [1.82, 2.24) is 38.8 Å². The molecule has 8 rings (SSSR count). The number of allylic oxidation sites excluding steroid dienone is 1. The Bertz CT molecular complexity index is 4180. The van der Waals surface area contributed by atoms with E-state index in [1.807, 2.05) is 62.7 Å². The first-order valence-corrected chi connectivity index (χ1v) is 41.3. The number of Topliss-reactive ketones (excluding diaryl/α,β-unsaturated/α-hetero) is 3. The number of aryl methyl sites for hydroxylation is 1. The third-order valence-corrected chi connectivity index (χ3v) is 20.5. The second kappa shape index (κ2) is 48.1. The molecule has 31 nitrogen and oxygen atoms in total. The molecule has 2 atom stereocenters. The number of aromatic nitrogens is 7. The van der Waals surface area contributed by atoms with Crippen LogP contribution in [0, 0.1) is 5.92 Å². The van der Waals surface area contributed by atoms with E-state index in [2.05, 4.69) is 25.6 Å². The summed E-state index contributed by atoms with van der Waals surface area (Å²) in [7, 11) is -3.54. The van der Waals surface area contributed by atoms with Crippen molar-refractivity contribution in [1.29, 1.82) is 0 Å². The van der Waals surface area contributed by atoms with E-state index >= 15 is 0 Å². The number of ketones is 3. The summed E-state index contributed by atoms with van der Waals surface area (Å²) >= 11 is 1.50. The largest absolute Gasteiger partial charge is 0.510 e. The van der Waals surface area contributed by atoms with Crippen LogP contribution in [0.3, 0.4) is 0 Å². The highest BCUT2D eigenvalue weighted by Crippen LogP contribution is 2.43. The van der Waals surface area contributed by atoms with E-state index in [0.717, 1.165) is 45.8 Å². The Morgan fingerprint density at radius 1 is 0.741 bits per heavy atom. The van der Waals surface area contributed by atoms with Crippen molar-refractivity contribution in [3.8, 4) is 11.4 Å². The highest BCUT2D eigenvalue weighted by Gasteiger charge is 2.51. The number of benzene rings is 2. The molecule has 112 heavy (non-hydrogen) atoms. The van der Waals surface area contributed by atoms with E-state index in [1.54, 1.807) is 58.9 Å². The monoisotopic (exact) mass is 1600 g/mol. The van der Waals surface area contributed by atoms with Crippen molar-refractivity contribution >= 4 is 79.8 Å². The smallest absolute Gasteiger partial charge is 0.457 e. The molecule has 33 heteroatoms. The minimum Gasteiger partial charge on any atom is -0.457 e. The molecule has 3 N–H and O–H groups in total. The second-order valence-electron chi connectivity index (χ2n) is 27.1. The van der Waals surface area contributed by atoms with Gasteiger partial charge in [-0.3, -0.25) is 24.0 Å². The summed E-state index contributed by atoms with van der Waals surface area (Å²) in [4.78, 5) is 107. The minimum atomic E-state index is -3.54. The maximum Gasteiger partial charge on any atom is 0.510 e. The van der Waals surface area contributed by atoms with Gasteiger partial charge < -0.3 is 72.5 Å². The molecule has 0 bridgehead atoms. The summed E-state index contributed by atoms with van der Waals surface area (Å²) in [5.74, 6) is -2.31. The fourth-order valence-corrected chi connectivity index (χ4v) is 14.2. The first kappa shape index (κ1) is 89.4. The van der Waals surface area contributed by atoms with Gasteiger partial charge in [-0.05, 0) is 113 Å². The van der Waals surface area contributed by atoms with Crippen LogP contribution in [0.2, 0.25) is 0 Å². The number of amides is 1. The van der Waals surface area contributed by atoms with E-state index in [9.17, 15) is 42.0 Å². The van der Waals surface area contributed by atoms with Crippen LogP contribution in [0.15, 0.2) is 89.2 Å². The SMILES string of the molecule is CC[C@@]1(OC(=O)OCc2ccc(NC(=O)[C@H](CCCCN)CC(=O)COCC(=O)CCCOCCOCCOCCOCCOCCOCCOCCOCCn3cc(CCC(=O)CCC/C=C\c4cnc(SC)nc4)nn3)cc2)C(=O)OCc2c1cc1n(c2=O)Cc2c-1nc1ccccc1c2CCN(C(C)C)S(C)(=O)=O. The number of cyclic esters (lactones) is 1. The van der Waals surface area contributed by atoms with Crippen molar-refractivity contribution in [3.63, 3.8) is 0 Å². The number of hydrogen-bond acceptors (Lipinski definition) is 28. The number of hydrogen-bond donors (Lipinski definition) is 2. The van der Waals surface area contributed by atoms with Crippen LogP contribution in [0.4, 0.5) is 10.5 Å². The zero-order valence-electron chi connectivity index (χ0n) is 64.9. The Morgan fingerprint density at radius 3 is 1.99 bits per heavy atom. The number of para-hydroxylation sites is 1. The Kier molecular flexibility index (Phi) is 38.4. The van der Waals surface area contributed by atoms with Gasteiger partial charge in [0, 0.05) is 97.1 Å². The molecular weight excluding hydrogens is 1490 g/mol. The molecule has 1 amide bonds. The maximum absolute atomic E-state index is 14.4. The van der Waals surface area contributed by atoms with Gasteiger partial charge in [0.15, 0.2) is 16.7 Å². The zero-order valence-corrected chi connectivity index (χ0v) is 66.6. The van der Waals surface area contributed by atoms with Gasteiger partial charge in [0.1, 0.15) is 32.2 Å². The Labute approximate surface area is 658 Å². The fraction of sp³-hybridized carbons (Fsp3) is 0.570. The van der Waals surface area contributed by atoms with Gasteiger partial charge in [0.25, 0.3) is 5.56 Å². The number of carbonyl (C=O) groups excluding carboxylic acids is 6. The third kappa shape index (κ3) is 29.0. The highest BCUT2D eigenvalue weighted by atomic mass is 32.2. The number of esters is 1. The molecule has 0 saturated heterocycles. The molecule has 2 aliphatic rings. The van der Waals surface area contributed by atoms with Crippen LogP contribution in [-0.2, 0) is 136 Å². The molecule has 0 spiro atoms. The number of nitrogens with one attached hydrogen (secondary N) is 1. The number of ether oxygens (including phenoxy) is 12. The molecule has 0 saturated carbocycles. The van der Waals surface area contributed by atoms with Crippen LogP contribution in [-0.4, -0.2) is 233 Å². The molecule has 6 heterocycles. The van der Waals surface area contributed by atoms with Crippen LogP contribution in [0.5, 0.6) is 0 Å². The van der Waals surface area contributed by atoms with Gasteiger partial charge in [-0.15, -0.1) is 5.10 Å². The summed E-state index contributed by atoms with van der Waals surface area (Å²) in [6, 6.07) is 15.3. The van der Waals surface area contributed by atoms with Crippen molar-refractivity contribution in [2.45, 2.75) is 147 Å². The molecule has 0 fully saturated rings. The number of rotatable bonds is 58. The van der Waals surface area contributed by atoms with Crippen LogP contribution >= 0.6 is 11.8 Å². The topological polar surface area (TPSA) is 380 Å². The Morgan fingerprint density at radius 2 is 1.37 bits per heavy atom. The maximum atomic E-state index is 14.4. The molecule has 0 unspecified atom stereocenters. The number of carbonyl (C=O) groups is 6. The zero-order chi connectivity index (χ0) is 79.9. The van der Waals surface area contributed by atoms with Crippen LogP contribution in [0.25, 0.3) is 28.4 Å². The lowest BCUT2D eigenvalue weighted by Gasteiger charge is -2.35. The standard InChI is InChI=1S/C79H108N10O21S2/c1-6-79(70-48-72-73-68(52-88(72)75(94)69(70)56-108-76(79)95)66(67-19-10-11-20-71(67)84-73)27-29-89(57(2)3)112(5,97)98)110-78(96)109-53-58-21-23-61(24-22-58)83-74(93)60(16-12-13-28-80)47-65(92)55-107-54-64(91)18-14-31-99-33-35-101-37-39-103-41-43-105-45-46-106-44-42-104-40-38-102-36-34-100-32-30-87-51-62(85-86-87)25-26-63(90)17-9-7-8-15-59-49-81-77(111-4)82-50-59/h8,10-11,15,19-24,48-51,57,60H,6-7,9,12-14,16-18,25-47,52-56,80H2,1-5H3,(H,83,93)/b15-8-/t60-,79+/m1/s1. The Hall–Kier alpha value is -8.16. The predicted octanol–water partition coefficient (Wildman–Crippen LogP) is 7.98. The Balaban J connectivity index is 0.601. The summed E-state index contributed by atoms with van der Waals surface area (Å²) in [6.07, 6.45) is 16.9. The number of nitrogens with zero attached hydrogens (tertiary/aromatic N) is 8. The summed E-state index contributed by atoms with van der Waals surface area (Å²) in [6.45, 7) is 11.8. The van der Waals surface area contributed by atoms with Crippen molar-refractivity contribution in [2.75, 3.05) is 150 Å². The number of pyridine rings is 2. The fourth-order valence-electron chi connectivity index (χ4n) is 12.7. The van der Waals surface area contributed by atoms with Crippen LogP contribution < -0.4 is 16.6 Å². The predicted molar refractivity (Wildman–Crippen MR) is 417 cm³/mol. The number of thioether (sulfide) groups is 1. The van der Waals surface area contributed by atoms with Crippen molar-refractivity contribution in [3.05, 3.63) is 129 Å². The van der Waals surface area contributed by atoms with Gasteiger partial charge in [-0.2, -0.15) is 4.31 Å². The van der Waals surface area contributed by atoms with Gasteiger partial charge in [-0.1, -0.05) is 72.8 Å². The average molecular weight is 1600 g/mol. The number of fused-ring (bicyclic) bond motifs is 5. The number of unbranched alkanes of at least 4 members (excludes halogenated alkanes) is 2. The molecule has 2 aliphatic heterocycles. The van der Waals surface area contributed by atoms with E-state index in [0.29, 0.717) is 198 Å². The van der Waals surface area contributed by atoms with E-state index < -0.39 is 45.1 Å². The summed E-state index contributed by atoms with van der Waals surface area (Å²) < 4.78 is 97.3. The number of sulfonamides is 1. The number of anilines is 1. The highest BCUT2D eigenvalue weighted by molar-refractivity contribution is 7.98. The quantitative estimate of drug-likeness (QED) is 0.0158. The molecule has 0 radical (unpaired) electrons. The van der Waals surface area contributed by atoms with Gasteiger partial charge in [-0.25, -0.2) is 37.6 Å². The number of nitrogens with two attached hydrogens (primary N) is 1. The molecule has 2 aromatic carbocycles. The molecular formula is C79H108N10O21S2. The summed E-state index contributed by atoms with van der Waals surface area (Å²) in [5, 5.41) is 12.8. The molecule has 0 aliphatic carbocycles.